The molecule has 0 aliphatic carbocycles. The number of imide groups is 1. The van der Waals surface area contributed by atoms with Crippen molar-refractivity contribution in [2.75, 3.05) is 20.3 Å². The van der Waals surface area contributed by atoms with E-state index >= 15 is 0 Å². The number of carbonyl (C=O) groups excluding carboxylic acids is 8. The summed E-state index contributed by atoms with van der Waals surface area (Å²) in [7, 11) is 1.20. The number of hydrogen-bond donors (Lipinski definition) is 0. The third-order valence-corrected chi connectivity index (χ3v) is 9.85. The Hall–Kier alpha value is -6.54. The molecule has 0 radical (unpaired) electrons. The van der Waals surface area contributed by atoms with Crippen LogP contribution in [-0.2, 0) is 66.5 Å². The standard InChI is InChI=1S/C43H43NO18/c1-22(45)54-20-30-34(56-23(2)46)36(57-24(3)47)37(58-25(4)48)43(60-30)62-35-32(44-38(49)28-18-12-13-19-29(28)39(44)50)42(53-5)59-31(21-55-40(51)26-14-8-6-9-15-26)33(35)61-41(52)27-16-10-7-11-17-27/h6-19,30-37,42-43H,20-21H2,1-5H3/t30-,31-,32-,33-,34+,35-,36+,37-,42-,43+/m1/s1. The Morgan fingerprint density at radius 2 is 0.968 bits per heavy atom. The molecule has 3 aromatic carbocycles. The predicted molar refractivity (Wildman–Crippen MR) is 206 cm³/mol. The molecule has 3 heterocycles. The van der Waals surface area contributed by atoms with Crippen molar-refractivity contribution in [1.29, 1.82) is 0 Å². The third-order valence-electron chi connectivity index (χ3n) is 9.85. The number of benzene rings is 3. The molecule has 0 spiro atoms. The quantitative estimate of drug-likeness (QED) is 0.129. The monoisotopic (exact) mass is 861 g/mol. The van der Waals surface area contributed by atoms with Gasteiger partial charge in [-0.15, -0.1) is 0 Å². The van der Waals surface area contributed by atoms with Gasteiger partial charge in [0.25, 0.3) is 11.8 Å². The van der Waals surface area contributed by atoms with Gasteiger partial charge in [-0.05, 0) is 36.4 Å². The highest BCUT2D eigenvalue weighted by Gasteiger charge is 2.60. The highest BCUT2D eigenvalue weighted by molar-refractivity contribution is 6.21. The van der Waals surface area contributed by atoms with Gasteiger partial charge in [0.2, 0.25) is 0 Å². The molecule has 2 amide bonds. The van der Waals surface area contributed by atoms with Crippen LogP contribution in [0.15, 0.2) is 84.9 Å². The first-order chi connectivity index (χ1) is 29.7. The van der Waals surface area contributed by atoms with E-state index in [-0.39, 0.29) is 22.3 Å². The highest BCUT2D eigenvalue weighted by atomic mass is 16.8. The molecule has 19 nitrogen and oxygen atoms in total. The van der Waals surface area contributed by atoms with Gasteiger partial charge in [0.15, 0.2) is 37.0 Å². The molecule has 0 saturated carbocycles. The van der Waals surface area contributed by atoms with Gasteiger partial charge in [0, 0.05) is 34.8 Å². The van der Waals surface area contributed by atoms with E-state index in [9.17, 15) is 38.4 Å². The molecule has 328 valence electrons. The second-order valence-electron chi connectivity index (χ2n) is 14.2. The number of nitrogens with zero attached hydrogens (tertiary/aromatic N) is 1. The van der Waals surface area contributed by atoms with Crippen molar-refractivity contribution in [3.63, 3.8) is 0 Å². The smallest absolute Gasteiger partial charge is 0.338 e. The Morgan fingerprint density at radius 1 is 0.516 bits per heavy atom. The Morgan fingerprint density at radius 3 is 1.48 bits per heavy atom. The van der Waals surface area contributed by atoms with E-state index in [0.29, 0.717) is 0 Å². The van der Waals surface area contributed by atoms with Crippen LogP contribution in [0.1, 0.15) is 69.1 Å². The fourth-order valence-corrected chi connectivity index (χ4v) is 7.30. The Labute approximate surface area is 354 Å². The third kappa shape index (κ3) is 10.1. The molecule has 0 N–H and O–H groups in total. The summed E-state index contributed by atoms with van der Waals surface area (Å²) in [6, 6.07) is 19.9. The van der Waals surface area contributed by atoms with Crippen LogP contribution in [0.3, 0.4) is 0 Å². The topological polar surface area (TPSA) is 232 Å². The summed E-state index contributed by atoms with van der Waals surface area (Å²) in [5.41, 5.74) is 0.230. The van der Waals surface area contributed by atoms with E-state index in [1.807, 2.05) is 0 Å². The maximum atomic E-state index is 14.2. The largest absolute Gasteiger partial charge is 0.463 e. The van der Waals surface area contributed by atoms with Crippen molar-refractivity contribution in [3.8, 4) is 0 Å². The number of carbonyl (C=O) groups is 8. The van der Waals surface area contributed by atoms with Crippen LogP contribution in [0.2, 0.25) is 0 Å². The molecule has 2 saturated heterocycles. The zero-order valence-electron chi connectivity index (χ0n) is 34.1. The predicted octanol–water partition coefficient (Wildman–Crippen LogP) is 2.57. The summed E-state index contributed by atoms with van der Waals surface area (Å²) in [4.78, 5) is 106. The fraction of sp³-hybridized carbons (Fsp3) is 0.395. The minimum atomic E-state index is -1.93. The SMILES string of the molecule is CO[C@@H]1O[C@H](COC(=O)c2ccccc2)[C@@H](OC(=O)c2ccccc2)[C@H](O[C@@H]2O[C@H](COC(C)=O)[C@H](OC(C)=O)[C@H](OC(C)=O)[C@H]2OC(C)=O)[C@H]1N1C(=O)c2ccccc2C1=O. The van der Waals surface area contributed by atoms with Gasteiger partial charge in [-0.25, -0.2) is 9.59 Å². The molecular weight excluding hydrogens is 818 g/mol. The number of fused-ring (bicyclic) bond motifs is 1. The van der Waals surface area contributed by atoms with Crippen molar-refractivity contribution in [3.05, 3.63) is 107 Å². The van der Waals surface area contributed by atoms with Crippen LogP contribution in [0.4, 0.5) is 0 Å². The van der Waals surface area contributed by atoms with Gasteiger partial charge in [0.05, 0.1) is 22.3 Å². The zero-order valence-corrected chi connectivity index (χ0v) is 34.1. The van der Waals surface area contributed by atoms with E-state index in [2.05, 4.69) is 0 Å². The van der Waals surface area contributed by atoms with Crippen LogP contribution in [-0.4, -0.2) is 134 Å². The fourth-order valence-electron chi connectivity index (χ4n) is 7.30. The van der Waals surface area contributed by atoms with Crippen LogP contribution in [0.25, 0.3) is 0 Å². The van der Waals surface area contributed by atoms with E-state index in [1.54, 1.807) is 48.5 Å². The van der Waals surface area contributed by atoms with E-state index in [0.717, 1.165) is 32.6 Å². The van der Waals surface area contributed by atoms with Gasteiger partial charge < -0.3 is 47.4 Å². The summed E-state index contributed by atoms with van der Waals surface area (Å²) in [6.07, 6.45) is -15.1. The first-order valence-electron chi connectivity index (χ1n) is 19.3. The van der Waals surface area contributed by atoms with Gasteiger partial charge in [-0.1, -0.05) is 48.5 Å². The number of methoxy groups -OCH3 is 1. The summed E-state index contributed by atoms with van der Waals surface area (Å²) in [5.74, 6) is -6.94. The van der Waals surface area contributed by atoms with Crippen LogP contribution in [0.5, 0.6) is 0 Å². The van der Waals surface area contributed by atoms with Gasteiger partial charge >= 0.3 is 35.8 Å². The lowest BCUT2D eigenvalue weighted by Crippen LogP contribution is -2.70. The maximum Gasteiger partial charge on any atom is 0.338 e. The average Bonchev–Trinajstić information content (AvgIpc) is 3.50. The minimum absolute atomic E-state index is 0.00939. The van der Waals surface area contributed by atoms with Crippen molar-refractivity contribution in [2.45, 2.75) is 89.0 Å². The summed E-state index contributed by atoms with van der Waals surface area (Å²) in [5, 5.41) is 0. The van der Waals surface area contributed by atoms with Gasteiger partial charge in [-0.2, -0.15) is 0 Å². The summed E-state index contributed by atoms with van der Waals surface area (Å²) in [6.45, 7) is 2.94. The van der Waals surface area contributed by atoms with Crippen LogP contribution < -0.4 is 0 Å². The van der Waals surface area contributed by atoms with Crippen molar-refractivity contribution in [2.24, 2.45) is 0 Å². The number of amides is 2. The van der Waals surface area contributed by atoms with E-state index in [1.165, 1.54) is 43.5 Å². The molecule has 3 aliphatic rings. The molecular formula is C43H43NO18. The first-order valence-corrected chi connectivity index (χ1v) is 19.3. The minimum Gasteiger partial charge on any atom is -0.463 e. The molecule has 0 unspecified atom stereocenters. The lowest BCUT2D eigenvalue weighted by Gasteiger charge is -2.50. The second kappa shape index (κ2) is 19.9. The molecule has 0 aromatic heterocycles. The number of esters is 6. The van der Waals surface area contributed by atoms with E-state index in [4.69, 9.17) is 47.4 Å². The maximum absolute atomic E-state index is 14.2. The second-order valence-corrected chi connectivity index (χ2v) is 14.2. The normalized spacial score (nSPS) is 26.7. The molecule has 0 bridgehead atoms. The van der Waals surface area contributed by atoms with Crippen molar-refractivity contribution >= 4 is 47.6 Å². The van der Waals surface area contributed by atoms with E-state index < -0.39 is 122 Å². The van der Waals surface area contributed by atoms with Gasteiger partial charge in [0.1, 0.15) is 37.6 Å². The molecule has 19 heteroatoms. The molecule has 10 atom stereocenters. The molecule has 3 aliphatic heterocycles. The number of ether oxygens (including phenoxy) is 10. The van der Waals surface area contributed by atoms with Crippen LogP contribution >= 0.6 is 0 Å². The molecule has 6 rings (SSSR count). The molecule has 3 aromatic rings. The summed E-state index contributed by atoms with van der Waals surface area (Å²) < 4.78 is 58.7. The highest BCUT2D eigenvalue weighted by Crippen LogP contribution is 2.39. The van der Waals surface area contributed by atoms with Crippen LogP contribution in [0, 0.1) is 0 Å². The number of rotatable bonds is 14. The van der Waals surface area contributed by atoms with Gasteiger partial charge in [-0.3, -0.25) is 33.7 Å². The molecule has 62 heavy (non-hydrogen) atoms. The first kappa shape index (κ1) is 45.0. The average molecular weight is 862 g/mol. The zero-order chi connectivity index (χ0) is 44.7. The van der Waals surface area contributed by atoms with Crippen molar-refractivity contribution in [1.82, 2.24) is 4.90 Å². The Bertz CT molecular complexity index is 2130. The number of hydrogen-bond acceptors (Lipinski definition) is 18. The Balaban J connectivity index is 1.50. The molecule has 2 fully saturated rings. The Kier molecular flexibility index (Phi) is 14.4. The lowest BCUT2D eigenvalue weighted by atomic mass is 9.93. The summed E-state index contributed by atoms with van der Waals surface area (Å²) >= 11 is 0. The van der Waals surface area contributed by atoms with Crippen molar-refractivity contribution < 1.29 is 85.7 Å². The lowest BCUT2D eigenvalue weighted by molar-refractivity contribution is -0.348.